The molecular weight excluding hydrogens is 458 g/mol. The number of halogens is 2. The Hall–Kier alpha value is -1.41. The van der Waals surface area contributed by atoms with E-state index < -0.39 is 12.6 Å². The highest BCUT2D eigenvalue weighted by molar-refractivity contribution is 9.12. The molecule has 0 unspecified atom stereocenters. The molecule has 2 bridgehead atoms. The van der Waals surface area contributed by atoms with Gasteiger partial charge in [-0.2, -0.15) is 0 Å². The number of aliphatic carboxylic acids is 1. The third-order valence-corrected chi connectivity index (χ3v) is 8.65. The van der Waals surface area contributed by atoms with Crippen molar-refractivity contribution in [2.75, 3.05) is 11.5 Å². The van der Waals surface area contributed by atoms with Gasteiger partial charge >= 0.3 is 5.97 Å². The first-order chi connectivity index (χ1) is 11.9. The maximum atomic E-state index is 12.9. The Morgan fingerprint density at radius 1 is 1.08 bits per heavy atom. The highest BCUT2D eigenvalue weighted by Gasteiger charge is 2.66. The largest absolute Gasteiger partial charge is 0.482 e. The van der Waals surface area contributed by atoms with Crippen LogP contribution in [-0.4, -0.2) is 39.2 Å². The van der Waals surface area contributed by atoms with Crippen molar-refractivity contribution in [3.63, 3.8) is 0 Å². The lowest BCUT2D eigenvalue weighted by atomic mass is 9.81. The van der Waals surface area contributed by atoms with Crippen LogP contribution in [-0.2, 0) is 14.4 Å². The summed E-state index contributed by atoms with van der Waals surface area (Å²) < 4.78 is 5.09. The molecular formula is C17H15Br2NO5. The predicted molar refractivity (Wildman–Crippen MR) is 96.1 cm³/mol. The molecule has 6 nitrogen and oxygen atoms in total. The number of ether oxygens (including phenoxy) is 1. The first kappa shape index (κ1) is 17.0. The minimum Gasteiger partial charge on any atom is -0.482 e. The van der Waals surface area contributed by atoms with Gasteiger partial charge in [-0.15, -0.1) is 0 Å². The van der Waals surface area contributed by atoms with Crippen LogP contribution in [0.1, 0.15) is 6.42 Å². The Morgan fingerprint density at radius 3 is 2.08 bits per heavy atom. The molecule has 0 radical (unpaired) electrons. The van der Waals surface area contributed by atoms with Gasteiger partial charge < -0.3 is 9.84 Å². The lowest BCUT2D eigenvalue weighted by molar-refractivity contribution is -0.139. The fourth-order valence-electron chi connectivity index (χ4n) is 4.44. The molecule has 2 saturated carbocycles. The fraction of sp³-hybridized carbons (Fsp3) is 0.471. The van der Waals surface area contributed by atoms with E-state index in [-0.39, 0.29) is 45.1 Å². The van der Waals surface area contributed by atoms with Crippen LogP contribution < -0.4 is 9.64 Å². The zero-order valence-electron chi connectivity index (χ0n) is 13.0. The Labute approximate surface area is 160 Å². The van der Waals surface area contributed by atoms with Crippen molar-refractivity contribution < 1.29 is 24.2 Å². The van der Waals surface area contributed by atoms with Crippen molar-refractivity contribution in [2.24, 2.45) is 23.7 Å². The van der Waals surface area contributed by atoms with Gasteiger partial charge in [-0.3, -0.25) is 14.5 Å². The summed E-state index contributed by atoms with van der Waals surface area (Å²) in [7, 11) is 0. The van der Waals surface area contributed by atoms with Gasteiger partial charge in [0.2, 0.25) is 11.8 Å². The van der Waals surface area contributed by atoms with Crippen LogP contribution in [0.25, 0.3) is 0 Å². The van der Waals surface area contributed by atoms with Crippen LogP contribution in [0.15, 0.2) is 24.3 Å². The first-order valence-corrected chi connectivity index (χ1v) is 9.84. The summed E-state index contributed by atoms with van der Waals surface area (Å²) in [5, 5.41) is 8.63. The number of carbonyl (C=O) groups is 3. The number of anilines is 1. The van der Waals surface area contributed by atoms with Crippen molar-refractivity contribution in [1.82, 2.24) is 0 Å². The smallest absolute Gasteiger partial charge is 0.341 e. The summed E-state index contributed by atoms with van der Waals surface area (Å²) in [4.78, 5) is 38.0. The Kier molecular flexibility index (Phi) is 4.15. The SMILES string of the molecule is O=C(O)COc1ccc(N2C(=O)[C@@H]3[C@H]4C[C@@H]([C@@H](Br)[C@H]4Br)[C@H]3C2=O)cc1. The van der Waals surface area contributed by atoms with Crippen LogP contribution in [0.5, 0.6) is 5.75 Å². The molecule has 4 rings (SSSR count). The molecule has 3 fully saturated rings. The van der Waals surface area contributed by atoms with Crippen molar-refractivity contribution >= 4 is 55.3 Å². The van der Waals surface area contributed by atoms with E-state index in [0.717, 1.165) is 6.42 Å². The summed E-state index contributed by atoms with van der Waals surface area (Å²) in [5.74, 6) is -1.09. The molecule has 0 spiro atoms. The second kappa shape index (κ2) is 6.09. The number of carbonyl (C=O) groups excluding carboxylic acids is 2. The van der Waals surface area contributed by atoms with E-state index in [4.69, 9.17) is 9.84 Å². The van der Waals surface area contributed by atoms with E-state index in [1.54, 1.807) is 24.3 Å². The van der Waals surface area contributed by atoms with Crippen molar-refractivity contribution in [3.8, 4) is 5.75 Å². The number of rotatable bonds is 4. The fourth-order valence-corrected chi connectivity index (χ4v) is 6.31. The zero-order valence-corrected chi connectivity index (χ0v) is 16.1. The molecule has 3 aliphatic rings. The van der Waals surface area contributed by atoms with Gasteiger partial charge in [-0.25, -0.2) is 4.79 Å². The normalized spacial score (nSPS) is 36.0. The number of imide groups is 1. The van der Waals surface area contributed by atoms with E-state index >= 15 is 0 Å². The van der Waals surface area contributed by atoms with Gasteiger partial charge in [0.1, 0.15) is 5.75 Å². The van der Waals surface area contributed by atoms with Crippen LogP contribution in [0, 0.1) is 23.7 Å². The van der Waals surface area contributed by atoms with Gasteiger partial charge in [0.05, 0.1) is 17.5 Å². The summed E-state index contributed by atoms with van der Waals surface area (Å²) in [6.45, 7) is -0.437. The number of hydrogen-bond acceptors (Lipinski definition) is 4. The topological polar surface area (TPSA) is 83.9 Å². The first-order valence-electron chi connectivity index (χ1n) is 8.00. The number of benzene rings is 1. The number of amides is 2. The van der Waals surface area contributed by atoms with Crippen LogP contribution in [0.2, 0.25) is 0 Å². The number of fused-ring (bicyclic) bond motifs is 5. The molecule has 6 atom stereocenters. The lowest BCUT2D eigenvalue weighted by Gasteiger charge is -2.28. The van der Waals surface area contributed by atoms with E-state index in [0.29, 0.717) is 11.4 Å². The molecule has 0 aromatic heterocycles. The summed E-state index contributed by atoms with van der Waals surface area (Å²) >= 11 is 7.33. The van der Waals surface area contributed by atoms with Gasteiger partial charge in [-0.05, 0) is 42.5 Å². The molecule has 25 heavy (non-hydrogen) atoms. The van der Waals surface area contributed by atoms with E-state index in [2.05, 4.69) is 31.9 Å². The quantitative estimate of drug-likeness (QED) is 0.537. The molecule has 1 heterocycles. The highest BCUT2D eigenvalue weighted by Crippen LogP contribution is 2.60. The average Bonchev–Trinajstić information content (AvgIpc) is 3.19. The number of carboxylic acids is 1. The highest BCUT2D eigenvalue weighted by atomic mass is 79.9. The Balaban J connectivity index is 1.57. The summed E-state index contributed by atoms with van der Waals surface area (Å²) in [6, 6.07) is 6.38. The number of nitrogens with zero attached hydrogens (tertiary/aromatic N) is 1. The molecule has 8 heteroatoms. The van der Waals surface area contributed by atoms with Crippen molar-refractivity contribution in [2.45, 2.75) is 16.1 Å². The summed E-state index contributed by atoms with van der Waals surface area (Å²) in [5.41, 5.74) is 0.503. The lowest BCUT2D eigenvalue weighted by Crippen LogP contribution is -2.37. The van der Waals surface area contributed by atoms with Gasteiger partial charge in [-0.1, -0.05) is 31.9 Å². The van der Waals surface area contributed by atoms with Crippen LogP contribution in [0.4, 0.5) is 5.69 Å². The monoisotopic (exact) mass is 471 g/mol. The van der Waals surface area contributed by atoms with Crippen molar-refractivity contribution in [3.05, 3.63) is 24.3 Å². The number of hydrogen-bond donors (Lipinski definition) is 1. The average molecular weight is 473 g/mol. The molecule has 1 aromatic rings. The third kappa shape index (κ3) is 2.52. The summed E-state index contributed by atoms with van der Waals surface area (Å²) in [6.07, 6.45) is 0.897. The molecule has 1 aliphatic heterocycles. The maximum Gasteiger partial charge on any atom is 0.341 e. The molecule has 132 valence electrons. The Morgan fingerprint density at radius 2 is 1.60 bits per heavy atom. The van der Waals surface area contributed by atoms with Crippen LogP contribution in [0.3, 0.4) is 0 Å². The molecule has 1 N–H and O–H groups in total. The second-order valence-corrected chi connectivity index (χ2v) is 8.81. The standard InChI is InChI=1S/C17H15Br2NO5/c18-14-9-5-10(15(14)19)13-12(9)16(23)20(17(13)24)7-1-3-8(4-2-7)25-6-11(21)22/h1-4,9-10,12-15H,5-6H2,(H,21,22)/t9-,10-,12-,13-,14-,15+/m1/s1. The minimum atomic E-state index is -1.06. The number of alkyl halides is 2. The molecule has 1 saturated heterocycles. The second-order valence-electron chi connectivity index (χ2n) is 6.69. The minimum absolute atomic E-state index is 0.134. The van der Waals surface area contributed by atoms with E-state index in [1.807, 2.05) is 0 Å². The van der Waals surface area contributed by atoms with E-state index in [1.165, 1.54) is 4.90 Å². The molecule has 2 amide bonds. The van der Waals surface area contributed by atoms with Gasteiger partial charge in [0.25, 0.3) is 0 Å². The maximum absolute atomic E-state index is 12.9. The Bertz CT molecular complexity index is 720. The third-order valence-electron chi connectivity index (χ3n) is 5.44. The van der Waals surface area contributed by atoms with Gasteiger partial charge in [0, 0.05) is 9.65 Å². The van der Waals surface area contributed by atoms with Gasteiger partial charge in [0.15, 0.2) is 6.61 Å². The predicted octanol–water partition coefficient (Wildman–Crippen LogP) is 2.43. The zero-order chi connectivity index (χ0) is 17.9. The number of carboxylic acid groups (broad SMARTS) is 1. The molecule has 1 aromatic carbocycles. The van der Waals surface area contributed by atoms with Crippen LogP contribution >= 0.6 is 31.9 Å². The molecule has 2 aliphatic carbocycles. The van der Waals surface area contributed by atoms with Crippen molar-refractivity contribution in [1.29, 1.82) is 0 Å². The van der Waals surface area contributed by atoms with E-state index in [9.17, 15) is 14.4 Å².